The summed E-state index contributed by atoms with van der Waals surface area (Å²) in [7, 11) is 2.93. The van der Waals surface area contributed by atoms with Crippen molar-refractivity contribution in [3.63, 3.8) is 0 Å². The molecule has 0 aromatic heterocycles. The summed E-state index contributed by atoms with van der Waals surface area (Å²) in [6.07, 6.45) is -0.158. The zero-order valence-electron chi connectivity index (χ0n) is 9.79. The predicted octanol–water partition coefficient (Wildman–Crippen LogP) is 1.90. The molecule has 1 unspecified atom stereocenters. The summed E-state index contributed by atoms with van der Waals surface area (Å²) in [5, 5.41) is 9.29. The van der Waals surface area contributed by atoms with Gasteiger partial charge in [-0.1, -0.05) is 12.1 Å². The van der Waals surface area contributed by atoms with Crippen molar-refractivity contribution in [1.29, 1.82) is 0 Å². The Labute approximate surface area is 94.8 Å². The van der Waals surface area contributed by atoms with Gasteiger partial charge in [-0.3, -0.25) is 0 Å². The smallest absolute Gasteiger partial charge is 0.170 e. The van der Waals surface area contributed by atoms with Crippen LogP contribution in [0.5, 0.6) is 5.75 Å². The minimum Gasteiger partial charge on any atom is -0.493 e. The van der Waals surface area contributed by atoms with Gasteiger partial charge in [0.1, 0.15) is 0 Å². The van der Waals surface area contributed by atoms with Crippen LogP contribution in [0.3, 0.4) is 0 Å². The zero-order chi connectivity index (χ0) is 12.1. The van der Waals surface area contributed by atoms with Crippen LogP contribution in [0.1, 0.15) is 18.1 Å². The summed E-state index contributed by atoms with van der Waals surface area (Å²) < 4.78 is 23.8. The third kappa shape index (κ3) is 2.93. The van der Waals surface area contributed by atoms with Gasteiger partial charge < -0.3 is 14.6 Å². The van der Waals surface area contributed by atoms with Gasteiger partial charge in [0.2, 0.25) is 0 Å². The Morgan fingerprint density at radius 3 is 2.44 bits per heavy atom. The van der Waals surface area contributed by atoms with E-state index in [2.05, 4.69) is 0 Å². The van der Waals surface area contributed by atoms with Crippen molar-refractivity contribution >= 4 is 0 Å². The fraction of sp³-hybridized carbons (Fsp3) is 0.500. The number of aliphatic hydroxyl groups is 1. The van der Waals surface area contributed by atoms with Crippen LogP contribution < -0.4 is 4.74 Å². The molecule has 0 saturated heterocycles. The molecule has 0 radical (unpaired) electrons. The lowest BCUT2D eigenvalue weighted by Gasteiger charge is -2.13. The molecule has 16 heavy (non-hydrogen) atoms. The lowest BCUT2D eigenvalue weighted by molar-refractivity contribution is 0.180. The number of benzene rings is 1. The van der Waals surface area contributed by atoms with Gasteiger partial charge in [-0.15, -0.1) is 0 Å². The number of aliphatic hydroxyl groups excluding tert-OH is 1. The normalized spacial score (nSPS) is 12.6. The summed E-state index contributed by atoms with van der Waals surface area (Å²) in [6.45, 7) is 1.86. The standard InChI is InChI=1S/C12H17FO3/c1-8(14)6-9-4-5-10(7-15-2)11(13)12(9)16-3/h4-5,8,14H,6-7H2,1-3H3. The van der Waals surface area contributed by atoms with Crippen molar-refractivity contribution in [2.75, 3.05) is 14.2 Å². The number of methoxy groups -OCH3 is 2. The van der Waals surface area contributed by atoms with E-state index in [1.165, 1.54) is 14.2 Å². The van der Waals surface area contributed by atoms with E-state index < -0.39 is 11.9 Å². The first-order valence-corrected chi connectivity index (χ1v) is 5.11. The summed E-state index contributed by atoms with van der Waals surface area (Å²) in [5.41, 5.74) is 1.11. The second kappa shape index (κ2) is 5.82. The van der Waals surface area contributed by atoms with E-state index in [9.17, 15) is 9.50 Å². The molecule has 0 aliphatic rings. The zero-order valence-corrected chi connectivity index (χ0v) is 9.79. The van der Waals surface area contributed by atoms with Crippen molar-refractivity contribution in [2.45, 2.75) is 26.1 Å². The average molecular weight is 228 g/mol. The second-order valence-corrected chi connectivity index (χ2v) is 3.72. The van der Waals surface area contributed by atoms with E-state index >= 15 is 0 Å². The van der Waals surface area contributed by atoms with Gasteiger partial charge in [-0.2, -0.15) is 0 Å². The highest BCUT2D eigenvalue weighted by Gasteiger charge is 2.15. The van der Waals surface area contributed by atoms with E-state index in [0.717, 1.165) is 0 Å². The van der Waals surface area contributed by atoms with Crippen molar-refractivity contribution in [2.24, 2.45) is 0 Å². The van der Waals surface area contributed by atoms with Gasteiger partial charge in [0, 0.05) is 19.1 Å². The summed E-state index contributed by atoms with van der Waals surface area (Å²) in [4.78, 5) is 0. The maximum atomic E-state index is 13.9. The number of halogens is 1. The van der Waals surface area contributed by atoms with Crippen molar-refractivity contribution in [3.05, 3.63) is 29.1 Å². The third-order valence-electron chi connectivity index (χ3n) is 2.28. The molecule has 1 aromatic rings. The van der Waals surface area contributed by atoms with Gasteiger partial charge >= 0.3 is 0 Å². The molecule has 0 bridgehead atoms. The van der Waals surface area contributed by atoms with Gasteiger partial charge in [0.15, 0.2) is 11.6 Å². The number of rotatable bonds is 5. The Morgan fingerprint density at radius 2 is 1.94 bits per heavy atom. The van der Waals surface area contributed by atoms with Gasteiger partial charge in [0.05, 0.1) is 19.8 Å². The molecule has 0 fully saturated rings. The van der Waals surface area contributed by atoms with E-state index in [1.807, 2.05) is 0 Å². The van der Waals surface area contributed by atoms with E-state index in [0.29, 0.717) is 17.5 Å². The Morgan fingerprint density at radius 1 is 1.31 bits per heavy atom. The topological polar surface area (TPSA) is 38.7 Å². The van der Waals surface area contributed by atoms with Crippen LogP contribution in [-0.4, -0.2) is 25.4 Å². The molecule has 4 heteroatoms. The SMILES string of the molecule is COCc1ccc(CC(C)O)c(OC)c1F. The summed E-state index contributed by atoms with van der Waals surface area (Å²) >= 11 is 0. The van der Waals surface area contributed by atoms with Crippen molar-refractivity contribution in [3.8, 4) is 5.75 Å². The van der Waals surface area contributed by atoms with Gasteiger partial charge in [-0.05, 0) is 12.5 Å². The maximum absolute atomic E-state index is 13.9. The molecule has 1 N–H and O–H groups in total. The van der Waals surface area contributed by atoms with Crippen LogP contribution in [0.15, 0.2) is 12.1 Å². The van der Waals surface area contributed by atoms with E-state index in [-0.39, 0.29) is 12.4 Å². The van der Waals surface area contributed by atoms with Crippen LogP contribution in [0.4, 0.5) is 4.39 Å². The molecular weight excluding hydrogens is 211 g/mol. The van der Waals surface area contributed by atoms with Crippen LogP contribution in [0, 0.1) is 5.82 Å². The number of hydrogen-bond donors (Lipinski definition) is 1. The highest BCUT2D eigenvalue weighted by molar-refractivity contribution is 5.39. The fourth-order valence-corrected chi connectivity index (χ4v) is 1.60. The molecule has 0 amide bonds. The first-order valence-electron chi connectivity index (χ1n) is 5.11. The lowest BCUT2D eigenvalue weighted by Crippen LogP contribution is -2.08. The second-order valence-electron chi connectivity index (χ2n) is 3.72. The molecule has 0 spiro atoms. The van der Waals surface area contributed by atoms with Gasteiger partial charge in [-0.25, -0.2) is 4.39 Å². The van der Waals surface area contributed by atoms with Crippen LogP contribution >= 0.6 is 0 Å². The minimum atomic E-state index is -0.526. The lowest BCUT2D eigenvalue weighted by atomic mass is 10.0. The molecule has 1 atom stereocenters. The Kier molecular flexibility index (Phi) is 4.71. The molecule has 1 aromatic carbocycles. The molecule has 0 saturated carbocycles. The molecule has 3 nitrogen and oxygen atoms in total. The van der Waals surface area contributed by atoms with Crippen molar-refractivity contribution in [1.82, 2.24) is 0 Å². The highest BCUT2D eigenvalue weighted by atomic mass is 19.1. The Balaban J connectivity index is 3.08. The monoisotopic (exact) mass is 228 g/mol. The minimum absolute atomic E-state index is 0.190. The Bertz CT molecular complexity index is 350. The molecule has 0 aliphatic carbocycles. The first-order chi connectivity index (χ1) is 7.60. The van der Waals surface area contributed by atoms with Crippen LogP contribution in [0.2, 0.25) is 0 Å². The molecule has 90 valence electrons. The molecule has 1 rings (SSSR count). The van der Waals surface area contributed by atoms with E-state index in [4.69, 9.17) is 9.47 Å². The van der Waals surface area contributed by atoms with E-state index in [1.54, 1.807) is 19.1 Å². The predicted molar refractivity (Wildman–Crippen MR) is 59.0 cm³/mol. The Hall–Kier alpha value is -1.13. The number of ether oxygens (including phenoxy) is 2. The summed E-state index contributed by atoms with van der Waals surface area (Å²) in [6, 6.07) is 3.40. The fourth-order valence-electron chi connectivity index (χ4n) is 1.60. The quantitative estimate of drug-likeness (QED) is 0.836. The third-order valence-corrected chi connectivity index (χ3v) is 2.28. The van der Waals surface area contributed by atoms with Crippen molar-refractivity contribution < 1.29 is 19.0 Å². The largest absolute Gasteiger partial charge is 0.493 e. The van der Waals surface area contributed by atoms with Crippen LogP contribution in [-0.2, 0) is 17.8 Å². The summed E-state index contributed by atoms with van der Waals surface area (Å²) in [5.74, 6) is -0.224. The highest BCUT2D eigenvalue weighted by Crippen LogP contribution is 2.27. The van der Waals surface area contributed by atoms with Gasteiger partial charge in [0.25, 0.3) is 0 Å². The average Bonchev–Trinajstić information content (AvgIpc) is 2.22. The number of hydrogen-bond acceptors (Lipinski definition) is 3. The molecule has 0 heterocycles. The molecular formula is C12H17FO3. The first kappa shape index (κ1) is 12.9. The molecule has 0 aliphatic heterocycles. The van der Waals surface area contributed by atoms with Crippen LogP contribution in [0.25, 0.3) is 0 Å². The maximum Gasteiger partial charge on any atom is 0.170 e.